The fourth-order valence-corrected chi connectivity index (χ4v) is 1.09. The Labute approximate surface area is 71.2 Å². The molecule has 4 N–H and O–H groups in total. The van der Waals surface area contributed by atoms with Gasteiger partial charge < -0.3 is 10.8 Å². The first-order chi connectivity index (χ1) is 5.40. The first kappa shape index (κ1) is 9.06. The molecule has 1 heterocycles. The van der Waals surface area contributed by atoms with E-state index >= 15 is 0 Å². The Balaban J connectivity index is 2.91. The van der Waals surface area contributed by atoms with Gasteiger partial charge in [-0.25, -0.2) is 0 Å². The van der Waals surface area contributed by atoms with Crippen LogP contribution in [0.15, 0.2) is 4.79 Å². The Bertz CT molecular complexity index is 316. The van der Waals surface area contributed by atoms with E-state index in [9.17, 15) is 4.79 Å². The second-order valence-electron chi connectivity index (χ2n) is 3.85. The molecule has 0 fully saturated rings. The van der Waals surface area contributed by atoms with Crippen LogP contribution in [0.3, 0.4) is 0 Å². The van der Waals surface area contributed by atoms with Gasteiger partial charge in [-0.2, -0.15) is 0 Å². The monoisotopic (exact) mass is 169 g/mol. The van der Waals surface area contributed by atoms with Crippen molar-refractivity contribution in [3.8, 4) is 0 Å². The minimum absolute atomic E-state index is 0.0609. The zero-order chi connectivity index (χ0) is 9.35. The molecule has 0 bridgehead atoms. The lowest BCUT2D eigenvalue weighted by Gasteiger charge is -2.17. The van der Waals surface area contributed by atoms with Crippen molar-refractivity contribution in [1.82, 2.24) is 10.2 Å². The molecule has 0 aromatic carbocycles. The van der Waals surface area contributed by atoms with Crippen LogP contribution >= 0.6 is 0 Å². The molecule has 1 rings (SSSR count). The standard InChI is InChI=1S/C8H15N3O/c1-5-6(4-8(2,3)9)10-11-7(5)12/h4,9H2,1-3H3,(H2,10,11,12). The normalized spacial score (nSPS) is 12.0. The highest BCUT2D eigenvalue weighted by atomic mass is 16.1. The molecule has 4 nitrogen and oxygen atoms in total. The van der Waals surface area contributed by atoms with E-state index in [0.29, 0.717) is 6.42 Å². The summed E-state index contributed by atoms with van der Waals surface area (Å²) in [4.78, 5) is 11.0. The summed E-state index contributed by atoms with van der Waals surface area (Å²) in [6.45, 7) is 5.64. The molecule has 12 heavy (non-hydrogen) atoms. The van der Waals surface area contributed by atoms with Gasteiger partial charge in [-0.05, 0) is 20.8 Å². The second kappa shape index (κ2) is 2.79. The number of nitrogens with one attached hydrogen (secondary N) is 2. The molecule has 1 aromatic heterocycles. The van der Waals surface area contributed by atoms with Crippen molar-refractivity contribution in [3.63, 3.8) is 0 Å². The minimum atomic E-state index is -0.282. The molecular formula is C8H15N3O. The average Bonchev–Trinajstić information content (AvgIpc) is 2.16. The van der Waals surface area contributed by atoms with Gasteiger partial charge in [0.25, 0.3) is 5.56 Å². The van der Waals surface area contributed by atoms with E-state index in [1.807, 2.05) is 13.8 Å². The van der Waals surface area contributed by atoms with Crippen molar-refractivity contribution in [2.45, 2.75) is 32.7 Å². The highest BCUT2D eigenvalue weighted by Crippen LogP contribution is 2.08. The lowest BCUT2D eigenvalue weighted by Crippen LogP contribution is -2.34. The van der Waals surface area contributed by atoms with Gasteiger partial charge in [0.15, 0.2) is 0 Å². The number of rotatable bonds is 2. The van der Waals surface area contributed by atoms with Gasteiger partial charge in [0.1, 0.15) is 0 Å². The summed E-state index contributed by atoms with van der Waals surface area (Å²) >= 11 is 0. The fraction of sp³-hybridized carbons (Fsp3) is 0.625. The number of aromatic amines is 2. The first-order valence-corrected chi connectivity index (χ1v) is 3.95. The van der Waals surface area contributed by atoms with Gasteiger partial charge >= 0.3 is 0 Å². The maximum atomic E-state index is 11.0. The van der Waals surface area contributed by atoms with Gasteiger partial charge in [-0.15, -0.1) is 0 Å². The Hall–Kier alpha value is -1.03. The van der Waals surface area contributed by atoms with Crippen molar-refractivity contribution >= 4 is 0 Å². The lowest BCUT2D eigenvalue weighted by atomic mass is 9.98. The maximum Gasteiger partial charge on any atom is 0.267 e. The quantitative estimate of drug-likeness (QED) is 0.595. The van der Waals surface area contributed by atoms with Crippen LogP contribution in [0.2, 0.25) is 0 Å². The molecule has 0 spiro atoms. The van der Waals surface area contributed by atoms with E-state index in [1.165, 1.54) is 0 Å². The molecule has 4 heteroatoms. The van der Waals surface area contributed by atoms with Crippen LogP contribution in [0.4, 0.5) is 0 Å². The van der Waals surface area contributed by atoms with Gasteiger partial charge in [0.2, 0.25) is 0 Å². The molecule has 68 valence electrons. The molecule has 1 aromatic rings. The summed E-state index contributed by atoms with van der Waals surface area (Å²) in [5.41, 5.74) is 7.09. The van der Waals surface area contributed by atoms with Crippen LogP contribution in [-0.4, -0.2) is 15.7 Å². The van der Waals surface area contributed by atoms with Crippen molar-refractivity contribution in [2.75, 3.05) is 0 Å². The molecule has 0 saturated carbocycles. The molecule has 0 atom stereocenters. The van der Waals surface area contributed by atoms with Gasteiger partial charge in [-0.1, -0.05) is 0 Å². The van der Waals surface area contributed by atoms with Crippen LogP contribution in [0.25, 0.3) is 0 Å². The Morgan fingerprint density at radius 3 is 2.33 bits per heavy atom. The fourth-order valence-electron chi connectivity index (χ4n) is 1.09. The number of hydrogen-bond donors (Lipinski definition) is 3. The smallest absolute Gasteiger partial charge is 0.267 e. The maximum absolute atomic E-state index is 11.0. The van der Waals surface area contributed by atoms with Crippen molar-refractivity contribution in [3.05, 3.63) is 21.6 Å². The molecule has 0 saturated heterocycles. The van der Waals surface area contributed by atoms with Gasteiger partial charge in [0.05, 0.1) is 0 Å². The number of aromatic nitrogens is 2. The molecule has 0 aliphatic carbocycles. The minimum Gasteiger partial charge on any atom is -0.325 e. The Morgan fingerprint density at radius 1 is 1.42 bits per heavy atom. The molecule has 0 aliphatic heterocycles. The van der Waals surface area contributed by atoms with Crippen LogP contribution in [0, 0.1) is 6.92 Å². The number of nitrogens with two attached hydrogens (primary N) is 1. The molecule has 0 radical (unpaired) electrons. The molecule has 0 amide bonds. The molecular weight excluding hydrogens is 154 g/mol. The SMILES string of the molecule is Cc1c(CC(C)(C)N)[nH][nH]c1=O. The third-order valence-electron chi connectivity index (χ3n) is 1.75. The van der Waals surface area contributed by atoms with Crippen LogP contribution in [0.5, 0.6) is 0 Å². The predicted octanol–water partition coefficient (Wildman–Crippen LogP) is 0.291. The topological polar surface area (TPSA) is 74.7 Å². The van der Waals surface area contributed by atoms with Gasteiger partial charge in [0, 0.05) is 23.2 Å². The lowest BCUT2D eigenvalue weighted by molar-refractivity contribution is 0.508. The summed E-state index contributed by atoms with van der Waals surface area (Å²) in [5, 5.41) is 5.34. The van der Waals surface area contributed by atoms with Crippen molar-refractivity contribution in [2.24, 2.45) is 5.73 Å². The summed E-state index contributed by atoms with van der Waals surface area (Å²) in [5.74, 6) is 0. The first-order valence-electron chi connectivity index (χ1n) is 3.95. The van der Waals surface area contributed by atoms with E-state index in [1.54, 1.807) is 6.92 Å². The highest BCUT2D eigenvalue weighted by molar-refractivity contribution is 5.16. The number of H-pyrrole nitrogens is 2. The summed E-state index contributed by atoms with van der Waals surface area (Å²) < 4.78 is 0. The Kier molecular flexibility index (Phi) is 2.10. The Morgan fingerprint density at radius 2 is 2.00 bits per heavy atom. The van der Waals surface area contributed by atoms with E-state index in [4.69, 9.17) is 5.73 Å². The highest BCUT2D eigenvalue weighted by Gasteiger charge is 2.15. The van der Waals surface area contributed by atoms with Gasteiger partial charge in [-0.3, -0.25) is 9.89 Å². The molecule has 0 unspecified atom stereocenters. The van der Waals surface area contributed by atoms with Crippen molar-refractivity contribution in [1.29, 1.82) is 0 Å². The zero-order valence-electron chi connectivity index (χ0n) is 7.69. The molecule has 0 aliphatic rings. The summed E-state index contributed by atoms with van der Waals surface area (Å²) in [6, 6.07) is 0. The van der Waals surface area contributed by atoms with E-state index in [2.05, 4.69) is 10.2 Å². The third-order valence-corrected chi connectivity index (χ3v) is 1.75. The zero-order valence-corrected chi connectivity index (χ0v) is 7.69. The average molecular weight is 169 g/mol. The second-order valence-corrected chi connectivity index (χ2v) is 3.85. The van der Waals surface area contributed by atoms with E-state index < -0.39 is 0 Å². The predicted molar refractivity (Wildman–Crippen MR) is 48.1 cm³/mol. The van der Waals surface area contributed by atoms with Crippen LogP contribution in [0.1, 0.15) is 25.1 Å². The van der Waals surface area contributed by atoms with Crippen LogP contribution in [-0.2, 0) is 6.42 Å². The summed E-state index contributed by atoms with van der Waals surface area (Å²) in [6.07, 6.45) is 0.678. The van der Waals surface area contributed by atoms with Crippen molar-refractivity contribution < 1.29 is 0 Å². The van der Waals surface area contributed by atoms with E-state index in [0.717, 1.165) is 11.3 Å². The largest absolute Gasteiger partial charge is 0.325 e. The third kappa shape index (κ3) is 1.98. The number of hydrogen-bond acceptors (Lipinski definition) is 2. The van der Waals surface area contributed by atoms with Crippen LogP contribution < -0.4 is 11.3 Å². The van der Waals surface area contributed by atoms with E-state index in [-0.39, 0.29) is 11.1 Å². The summed E-state index contributed by atoms with van der Waals surface area (Å²) in [7, 11) is 0.